The van der Waals surface area contributed by atoms with Crippen LogP contribution in [0.2, 0.25) is 0 Å². The third-order valence-corrected chi connectivity index (χ3v) is 4.23. The number of benzene rings is 1. The molecule has 0 saturated carbocycles. The zero-order valence-corrected chi connectivity index (χ0v) is 14.9. The first kappa shape index (κ1) is 19.0. The lowest BCUT2D eigenvalue weighted by Gasteiger charge is -2.36. The van der Waals surface area contributed by atoms with Gasteiger partial charge in [0.15, 0.2) is 11.6 Å². The first-order valence-corrected chi connectivity index (χ1v) is 8.62. The van der Waals surface area contributed by atoms with Gasteiger partial charge < -0.3 is 14.4 Å². The number of rotatable bonds is 7. The summed E-state index contributed by atoms with van der Waals surface area (Å²) in [6, 6.07) is 6.90. The summed E-state index contributed by atoms with van der Waals surface area (Å²) in [6.45, 7) is -2.36. The average molecular weight is 409 g/mol. The van der Waals surface area contributed by atoms with E-state index in [4.69, 9.17) is 4.74 Å². The van der Waals surface area contributed by atoms with Gasteiger partial charge in [-0.15, -0.1) is 5.10 Å². The maximum Gasteiger partial charge on any atom is 0.387 e. The molecule has 2 aromatic heterocycles. The molecule has 1 saturated heterocycles. The molecule has 152 valence electrons. The summed E-state index contributed by atoms with van der Waals surface area (Å²) >= 11 is 0. The molecule has 1 fully saturated rings. The Morgan fingerprint density at radius 3 is 2.62 bits per heavy atom. The van der Waals surface area contributed by atoms with Crippen molar-refractivity contribution in [2.75, 3.05) is 18.0 Å². The average Bonchev–Trinajstić information content (AvgIpc) is 3.15. The highest BCUT2D eigenvalue weighted by Gasteiger charge is 2.26. The Labute approximate surface area is 162 Å². The molecule has 29 heavy (non-hydrogen) atoms. The van der Waals surface area contributed by atoms with E-state index in [9.17, 15) is 17.6 Å². The Kier molecular flexibility index (Phi) is 5.19. The van der Waals surface area contributed by atoms with Crippen LogP contribution in [0.25, 0.3) is 5.69 Å². The lowest BCUT2D eigenvalue weighted by Crippen LogP contribution is -2.48. The lowest BCUT2D eigenvalue weighted by atomic mass is 10.2. The number of halogens is 4. The van der Waals surface area contributed by atoms with Crippen molar-refractivity contribution in [2.24, 2.45) is 0 Å². The van der Waals surface area contributed by atoms with Crippen LogP contribution in [0.4, 0.5) is 23.2 Å². The molecule has 0 radical (unpaired) electrons. The maximum absolute atomic E-state index is 13.5. The molecule has 1 aliphatic rings. The van der Waals surface area contributed by atoms with Gasteiger partial charge in [0.2, 0.25) is 5.88 Å². The van der Waals surface area contributed by atoms with E-state index in [2.05, 4.69) is 20.0 Å². The molecule has 4 rings (SSSR count). The van der Waals surface area contributed by atoms with E-state index in [0.717, 1.165) is 17.8 Å². The summed E-state index contributed by atoms with van der Waals surface area (Å²) in [7, 11) is 0. The van der Waals surface area contributed by atoms with E-state index < -0.39 is 24.3 Å². The van der Waals surface area contributed by atoms with Crippen LogP contribution in [-0.2, 0) is 6.61 Å². The molecule has 1 aromatic carbocycles. The summed E-state index contributed by atoms with van der Waals surface area (Å²) < 4.78 is 62.1. The van der Waals surface area contributed by atoms with Crippen LogP contribution in [-0.4, -0.2) is 45.9 Å². The molecule has 0 atom stereocenters. The zero-order chi connectivity index (χ0) is 20.4. The molecule has 0 N–H and O–H groups in total. The van der Waals surface area contributed by atoms with Crippen molar-refractivity contribution in [3.8, 4) is 17.3 Å². The molecule has 7 nitrogen and oxygen atoms in total. The van der Waals surface area contributed by atoms with Crippen molar-refractivity contribution < 1.29 is 27.0 Å². The van der Waals surface area contributed by atoms with Crippen LogP contribution in [0.5, 0.6) is 11.6 Å². The third-order valence-electron chi connectivity index (χ3n) is 4.23. The van der Waals surface area contributed by atoms with Gasteiger partial charge in [-0.1, -0.05) is 5.21 Å². The van der Waals surface area contributed by atoms with Gasteiger partial charge in [-0.05, 0) is 18.2 Å². The summed E-state index contributed by atoms with van der Waals surface area (Å²) in [5, 5.41) is 7.80. The molecular weight excluding hydrogens is 394 g/mol. The van der Waals surface area contributed by atoms with Crippen molar-refractivity contribution >= 4 is 5.69 Å². The number of nitrogens with zero attached hydrogens (tertiary/aromatic N) is 5. The fourth-order valence-electron chi connectivity index (χ4n) is 2.74. The van der Waals surface area contributed by atoms with Gasteiger partial charge in [-0.3, -0.25) is 0 Å². The molecule has 3 aromatic rings. The quantitative estimate of drug-likeness (QED) is 0.559. The van der Waals surface area contributed by atoms with Crippen LogP contribution >= 0.6 is 0 Å². The predicted molar refractivity (Wildman–Crippen MR) is 93.6 cm³/mol. The third kappa shape index (κ3) is 4.39. The fraction of sp³-hybridized carbons (Fsp3) is 0.278. The van der Waals surface area contributed by atoms with Crippen molar-refractivity contribution in [3.63, 3.8) is 0 Å². The highest BCUT2D eigenvalue weighted by molar-refractivity contribution is 5.48. The minimum Gasteiger partial charge on any atom is -0.471 e. The van der Waals surface area contributed by atoms with Crippen LogP contribution in [0.3, 0.4) is 0 Å². The van der Waals surface area contributed by atoms with Crippen molar-refractivity contribution in [3.05, 3.63) is 54.2 Å². The summed E-state index contributed by atoms with van der Waals surface area (Å²) in [4.78, 5) is 6.03. The van der Waals surface area contributed by atoms with Crippen molar-refractivity contribution in [2.45, 2.75) is 19.4 Å². The maximum atomic E-state index is 13.5. The Bertz CT molecular complexity index is 977. The van der Waals surface area contributed by atoms with Crippen LogP contribution in [0, 0.1) is 5.82 Å². The predicted octanol–water partition coefficient (Wildman–Crippen LogP) is 3.14. The van der Waals surface area contributed by atoms with Gasteiger partial charge in [-0.25, -0.2) is 18.4 Å². The molecule has 0 bridgehead atoms. The topological polar surface area (TPSA) is 65.3 Å². The second kappa shape index (κ2) is 7.94. The number of alkyl halides is 3. The highest BCUT2D eigenvalue weighted by atomic mass is 19.3. The molecule has 0 aliphatic carbocycles. The van der Waals surface area contributed by atoms with E-state index in [1.54, 1.807) is 18.3 Å². The minimum absolute atomic E-state index is 0.0597. The monoisotopic (exact) mass is 409 g/mol. The zero-order valence-electron chi connectivity index (χ0n) is 14.9. The molecule has 0 amide bonds. The second-order valence-corrected chi connectivity index (χ2v) is 6.29. The molecule has 11 heteroatoms. The van der Waals surface area contributed by atoms with Gasteiger partial charge in [0, 0.05) is 12.1 Å². The first-order chi connectivity index (χ1) is 14.0. The number of anilines is 1. The van der Waals surface area contributed by atoms with Crippen molar-refractivity contribution in [1.29, 1.82) is 0 Å². The highest BCUT2D eigenvalue weighted by Crippen LogP contribution is 2.24. The number of pyridine rings is 1. The summed E-state index contributed by atoms with van der Waals surface area (Å²) in [5.41, 5.74) is 1.55. The standard InChI is InChI=1S/C18H15F4N5O2/c19-11-7-26(8-11)14-2-4-17(23-6-14)28-10-12-9-27(25-24-12)13-1-3-15(20)16(5-13)29-18(21)22/h1-6,9,11,18H,7-8,10H2. The lowest BCUT2D eigenvalue weighted by molar-refractivity contribution is -0.0521. The van der Waals surface area contributed by atoms with E-state index >= 15 is 0 Å². The van der Waals surface area contributed by atoms with Gasteiger partial charge in [0.1, 0.15) is 18.5 Å². The Morgan fingerprint density at radius 1 is 1.14 bits per heavy atom. The Balaban J connectivity index is 1.38. The second-order valence-electron chi connectivity index (χ2n) is 6.29. The van der Waals surface area contributed by atoms with Crippen molar-refractivity contribution in [1.82, 2.24) is 20.0 Å². The number of aromatic nitrogens is 4. The summed E-state index contributed by atoms with van der Waals surface area (Å²) in [5.74, 6) is -1.14. The Hall–Kier alpha value is -3.37. The van der Waals surface area contributed by atoms with Crippen LogP contribution in [0.1, 0.15) is 5.69 Å². The summed E-state index contributed by atoms with van der Waals surface area (Å²) in [6.07, 6.45) is 2.31. The van der Waals surface area contributed by atoms with E-state index in [0.29, 0.717) is 30.4 Å². The minimum atomic E-state index is -3.14. The van der Waals surface area contributed by atoms with E-state index in [1.165, 1.54) is 16.9 Å². The number of hydrogen-bond donors (Lipinski definition) is 0. The van der Waals surface area contributed by atoms with Gasteiger partial charge in [0.25, 0.3) is 0 Å². The molecular formula is C18H15F4N5O2. The van der Waals surface area contributed by atoms with Crippen LogP contribution in [0.15, 0.2) is 42.7 Å². The Morgan fingerprint density at radius 2 is 1.93 bits per heavy atom. The first-order valence-electron chi connectivity index (χ1n) is 8.62. The number of hydrogen-bond acceptors (Lipinski definition) is 6. The molecule has 0 spiro atoms. The number of ether oxygens (including phenoxy) is 2. The SMILES string of the molecule is Fc1ccc(-n2cc(COc3ccc(N4CC(F)C4)cn3)nn2)cc1OC(F)F. The molecule has 0 unspecified atom stereocenters. The van der Waals surface area contributed by atoms with Gasteiger partial charge in [-0.2, -0.15) is 8.78 Å². The molecule has 1 aliphatic heterocycles. The smallest absolute Gasteiger partial charge is 0.387 e. The molecule has 3 heterocycles. The van der Waals surface area contributed by atoms with Crippen LogP contribution < -0.4 is 14.4 Å². The van der Waals surface area contributed by atoms with Gasteiger partial charge >= 0.3 is 6.61 Å². The van der Waals surface area contributed by atoms with E-state index in [-0.39, 0.29) is 6.61 Å². The van der Waals surface area contributed by atoms with Gasteiger partial charge in [0.05, 0.1) is 36.9 Å². The van der Waals surface area contributed by atoms with E-state index in [1.807, 2.05) is 4.90 Å². The normalized spacial score (nSPS) is 14.2. The largest absolute Gasteiger partial charge is 0.471 e. The fourth-order valence-corrected chi connectivity index (χ4v) is 2.74.